The number of hydrogen-bond donors (Lipinski definition) is 1. The van der Waals surface area contributed by atoms with Crippen molar-refractivity contribution < 1.29 is 9.90 Å². The monoisotopic (exact) mass is 293 g/mol. The summed E-state index contributed by atoms with van der Waals surface area (Å²) >= 11 is 0. The molecule has 2 atom stereocenters. The average molecular weight is 293 g/mol. The Hall–Kier alpha value is -1.36. The first-order valence-corrected chi connectivity index (χ1v) is 7.89. The van der Waals surface area contributed by atoms with Crippen molar-refractivity contribution in [1.29, 1.82) is 0 Å². The van der Waals surface area contributed by atoms with Gasteiger partial charge in [-0.2, -0.15) is 5.10 Å². The van der Waals surface area contributed by atoms with E-state index in [1.54, 1.807) is 11.1 Å². The molecule has 1 fully saturated rings. The van der Waals surface area contributed by atoms with Crippen LogP contribution in [0.1, 0.15) is 61.6 Å². The van der Waals surface area contributed by atoms with Gasteiger partial charge in [-0.05, 0) is 33.6 Å². The highest BCUT2D eigenvalue weighted by atomic mass is 16.3. The fraction of sp³-hybridized carbons (Fsp3) is 0.750. The van der Waals surface area contributed by atoms with E-state index in [2.05, 4.69) is 18.9 Å². The molecule has 0 aliphatic heterocycles. The van der Waals surface area contributed by atoms with E-state index in [4.69, 9.17) is 0 Å². The van der Waals surface area contributed by atoms with E-state index >= 15 is 0 Å². The van der Waals surface area contributed by atoms with E-state index in [-0.39, 0.29) is 24.0 Å². The van der Waals surface area contributed by atoms with Crippen LogP contribution >= 0.6 is 0 Å². The molecule has 118 valence electrons. The standard InChI is InChI=1S/C16H27N3O2/c1-11(2)19-12(3)14(9-17-19)16(21)18(4)10-13-7-5-6-8-15(13)20/h9,11,13,15,20H,5-8,10H2,1-4H3. The molecule has 1 saturated carbocycles. The molecule has 0 aromatic carbocycles. The van der Waals surface area contributed by atoms with E-state index < -0.39 is 0 Å². The fourth-order valence-corrected chi connectivity index (χ4v) is 3.20. The number of hydrogen-bond acceptors (Lipinski definition) is 3. The van der Waals surface area contributed by atoms with Crippen molar-refractivity contribution in [2.24, 2.45) is 5.92 Å². The van der Waals surface area contributed by atoms with E-state index in [0.717, 1.165) is 31.4 Å². The number of rotatable bonds is 4. The topological polar surface area (TPSA) is 58.4 Å². The molecule has 0 radical (unpaired) electrons. The molecule has 5 nitrogen and oxygen atoms in total. The summed E-state index contributed by atoms with van der Waals surface area (Å²) in [5.41, 5.74) is 1.57. The zero-order chi connectivity index (χ0) is 15.6. The zero-order valence-corrected chi connectivity index (χ0v) is 13.5. The largest absolute Gasteiger partial charge is 0.393 e. The van der Waals surface area contributed by atoms with Gasteiger partial charge in [0.1, 0.15) is 0 Å². The maximum Gasteiger partial charge on any atom is 0.257 e. The Labute approximate surface area is 126 Å². The van der Waals surface area contributed by atoms with Crippen LogP contribution in [0.2, 0.25) is 0 Å². The van der Waals surface area contributed by atoms with Crippen molar-refractivity contribution in [3.8, 4) is 0 Å². The van der Waals surface area contributed by atoms with Gasteiger partial charge >= 0.3 is 0 Å². The zero-order valence-electron chi connectivity index (χ0n) is 13.5. The van der Waals surface area contributed by atoms with Crippen LogP contribution in [0.4, 0.5) is 0 Å². The second-order valence-corrected chi connectivity index (χ2v) is 6.48. The van der Waals surface area contributed by atoms with E-state index in [1.807, 2.05) is 18.7 Å². The second-order valence-electron chi connectivity index (χ2n) is 6.48. The van der Waals surface area contributed by atoms with Gasteiger partial charge < -0.3 is 10.0 Å². The minimum absolute atomic E-state index is 0.00262. The maximum atomic E-state index is 12.6. The molecule has 1 amide bonds. The van der Waals surface area contributed by atoms with Crippen LogP contribution < -0.4 is 0 Å². The highest BCUT2D eigenvalue weighted by Crippen LogP contribution is 2.25. The molecule has 2 rings (SSSR count). The third kappa shape index (κ3) is 3.46. The van der Waals surface area contributed by atoms with Gasteiger partial charge in [-0.25, -0.2) is 0 Å². The molecule has 1 aliphatic carbocycles. The molecule has 1 aromatic heterocycles. The Bertz CT molecular complexity index is 496. The highest BCUT2D eigenvalue weighted by molar-refractivity contribution is 5.94. The smallest absolute Gasteiger partial charge is 0.257 e. The lowest BCUT2D eigenvalue weighted by molar-refractivity contribution is 0.0451. The van der Waals surface area contributed by atoms with Crippen LogP contribution in [0.15, 0.2) is 6.20 Å². The summed E-state index contributed by atoms with van der Waals surface area (Å²) < 4.78 is 1.87. The first-order chi connectivity index (χ1) is 9.91. The number of aromatic nitrogens is 2. The number of nitrogens with zero attached hydrogens (tertiary/aromatic N) is 3. The van der Waals surface area contributed by atoms with Gasteiger partial charge in [0, 0.05) is 31.2 Å². The number of amides is 1. The van der Waals surface area contributed by atoms with Crippen LogP contribution in [0.25, 0.3) is 0 Å². The minimum atomic E-state index is -0.270. The third-order valence-electron chi connectivity index (χ3n) is 4.49. The van der Waals surface area contributed by atoms with Gasteiger partial charge in [0.05, 0.1) is 17.9 Å². The Morgan fingerprint density at radius 2 is 2.14 bits per heavy atom. The molecule has 1 heterocycles. The Balaban J connectivity index is 2.05. The number of aliphatic hydroxyl groups excluding tert-OH is 1. The number of carbonyl (C=O) groups excluding carboxylic acids is 1. The lowest BCUT2D eigenvalue weighted by Crippen LogP contribution is -2.38. The molecule has 0 spiro atoms. The molecular weight excluding hydrogens is 266 g/mol. The predicted octanol–water partition coefficient (Wildman–Crippen LogP) is 2.40. The quantitative estimate of drug-likeness (QED) is 0.927. The molecule has 1 aliphatic rings. The first-order valence-electron chi connectivity index (χ1n) is 7.89. The lowest BCUT2D eigenvalue weighted by atomic mass is 9.86. The normalized spacial score (nSPS) is 22.6. The Kier molecular flexibility index (Phi) is 5.04. The molecule has 0 saturated heterocycles. The van der Waals surface area contributed by atoms with E-state index in [0.29, 0.717) is 12.1 Å². The fourth-order valence-electron chi connectivity index (χ4n) is 3.20. The van der Waals surface area contributed by atoms with Gasteiger partial charge in [0.2, 0.25) is 0 Å². The molecule has 2 unspecified atom stereocenters. The lowest BCUT2D eigenvalue weighted by Gasteiger charge is -2.31. The number of carbonyl (C=O) groups is 1. The summed E-state index contributed by atoms with van der Waals surface area (Å²) in [6.45, 7) is 6.66. The van der Waals surface area contributed by atoms with Gasteiger partial charge in [-0.3, -0.25) is 9.48 Å². The van der Waals surface area contributed by atoms with Crippen molar-refractivity contribution in [3.05, 3.63) is 17.5 Å². The summed E-state index contributed by atoms with van der Waals surface area (Å²) in [5.74, 6) is 0.199. The minimum Gasteiger partial charge on any atom is -0.393 e. The van der Waals surface area contributed by atoms with Crippen LogP contribution in [0.3, 0.4) is 0 Å². The van der Waals surface area contributed by atoms with Crippen molar-refractivity contribution in [1.82, 2.24) is 14.7 Å². The molecular formula is C16H27N3O2. The summed E-state index contributed by atoms with van der Waals surface area (Å²) in [5, 5.41) is 14.3. The van der Waals surface area contributed by atoms with Gasteiger partial charge in [-0.15, -0.1) is 0 Å². The van der Waals surface area contributed by atoms with E-state index in [9.17, 15) is 9.90 Å². The van der Waals surface area contributed by atoms with Crippen molar-refractivity contribution in [3.63, 3.8) is 0 Å². The maximum absolute atomic E-state index is 12.6. The van der Waals surface area contributed by atoms with Crippen LogP contribution in [0.5, 0.6) is 0 Å². The molecule has 5 heteroatoms. The summed E-state index contributed by atoms with van der Waals surface area (Å²) in [6, 6.07) is 0.247. The van der Waals surface area contributed by atoms with Gasteiger partial charge in [-0.1, -0.05) is 12.8 Å². The summed E-state index contributed by atoms with van der Waals surface area (Å²) in [4.78, 5) is 14.3. The van der Waals surface area contributed by atoms with Gasteiger partial charge in [0.25, 0.3) is 5.91 Å². The van der Waals surface area contributed by atoms with Crippen LogP contribution in [-0.4, -0.2) is 45.4 Å². The SMILES string of the molecule is Cc1c(C(=O)N(C)CC2CCCCC2O)cnn1C(C)C. The number of aliphatic hydroxyl groups is 1. The highest BCUT2D eigenvalue weighted by Gasteiger charge is 2.27. The third-order valence-corrected chi connectivity index (χ3v) is 4.49. The summed E-state index contributed by atoms with van der Waals surface area (Å²) in [6.07, 6.45) is 5.49. The Morgan fingerprint density at radius 3 is 2.71 bits per heavy atom. The van der Waals surface area contributed by atoms with Crippen LogP contribution in [-0.2, 0) is 0 Å². The predicted molar refractivity (Wildman–Crippen MR) is 82.3 cm³/mol. The molecule has 1 aromatic rings. The summed E-state index contributed by atoms with van der Waals surface area (Å²) in [7, 11) is 1.82. The van der Waals surface area contributed by atoms with Crippen LogP contribution in [0, 0.1) is 12.8 Å². The molecule has 21 heavy (non-hydrogen) atoms. The molecule has 1 N–H and O–H groups in total. The van der Waals surface area contributed by atoms with Crippen molar-refractivity contribution >= 4 is 5.91 Å². The first kappa shape index (κ1) is 16.0. The van der Waals surface area contributed by atoms with E-state index in [1.165, 1.54) is 0 Å². The Morgan fingerprint density at radius 1 is 1.48 bits per heavy atom. The van der Waals surface area contributed by atoms with Crippen molar-refractivity contribution in [2.75, 3.05) is 13.6 Å². The van der Waals surface area contributed by atoms with Gasteiger partial charge in [0.15, 0.2) is 0 Å². The molecule has 0 bridgehead atoms. The van der Waals surface area contributed by atoms with Crippen molar-refractivity contribution in [2.45, 2.75) is 58.6 Å². The second kappa shape index (κ2) is 6.60. The average Bonchev–Trinajstić information content (AvgIpc) is 2.82.